The Morgan fingerprint density at radius 3 is 2.89 bits per heavy atom. The van der Waals surface area contributed by atoms with E-state index in [1.807, 2.05) is 0 Å². The average molecular weight is 247 g/mol. The Balaban J connectivity index is 2.33. The van der Waals surface area contributed by atoms with E-state index in [9.17, 15) is 9.59 Å². The Hall–Kier alpha value is -2.77. The zero-order valence-corrected chi connectivity index (χ0v) is 9.42. The normalized spacial score (nSPS) is 10.7. The Morgan fingerprint density at radius 2 is 2.22 bits per heavy atom. The minimum atomic E-state index is -0.589. The summed E-state index contributed by atoms with van der Waals surface area (Å²) in [5.74, 6) is -0.241. The molecule has 0 fully saturated rings. The van der Waals surface area contributed by atoms with Gasteiger partial charge in [-0.2, -0.15) is 4.68 Å². The maximum atomic E-state index is 11.8. The first kappa shape index (κ1) is 11.7. The standard InChI is InChI=1S/C10H9N5O3/c1-18-9(16)5-7-14-10(17)15(13-12-14)8-4-2-3-6-11-8/h2-7H,1H3/b7-5-. The maximum Gasteiger partial charge on any atom is 0.374 e. The predicted molar refractivity (Wildman–Crippen MR) is 60.8 cm³/mol. The highest BCUT2D eigenvalue weighted by atomic mass is 16.5. The highest BCUT2D eigenvalue weighted by molar-refractivity contribution is 5.84. The third-order valence-corrected chi connectivity index (χ3v) is 2.02. The number of esters is 1. The van der Waals surface area contributed by atoms with Crippen molar-refractivity contribution in [2.45, 2.75) is 0 Å². The first-order chi connectivity index (χ1) is 8.72. The van der Waals surface area contributed by atoms with Crippen LogP contribution in [0, 0.1) is 0 Å². The summed E-state index contributed by atoms with van der Waals surface area (Å²) < 4.78 is 6.32. The van der Waals surface area contributed by atoms with Crippen LogP contribution < -0.4 is 5.69 Å². The number of carbonyl (C=O) groups excluding carboxylic acids is 1. The summed E-state index contributed by atoms with van der Waals surface area (Å²) in [6.07, 6.45) is 3.77. The molecule has 0 spiro atoms. The molecule has 8 heteroatoms. The number of carbonyl (C=O) groups is 1. The van der Waals surface area contributed by atoms with Crippen molar-refractivity contribution in [2.24, 2.45) is 0 Å². The van der Waals surface area contributed by atoms with Crippen LogP contribution in [0.4, 0.5) is 0 Å². The number of hydrogen-bond acceptors (Lipinski definition) is 6. The number of rotatable bonds is 3. The summed E-state index contributed by atoms with van der Waals surface area (Å²) >= 11 is 0. The number of pyridine rings is 1. The van der Waals surface area contributed by atoms with Gasteiger partial charge in [-0.05, 0) is 22.6 Å². The molecule has 0 aliphatic rings. The molecule has 0 amide bonds. The van der Waals surface area contributed by atoms with Crippen molar-refractivity contribution in [3.05, 3.63) is 41.0 Å². The van der Waals surface area contributed by atoms with Gasteiger partial charge < -0.3 is 4.74 Å². The lowest BCUT2D eigenvalue weighted by Crippen LogP contribution is -2.22. The number of hydrogen-bond donors (Lipinski definition) is 0. The second-order valence-electron chi connectivity index (χ2n) is 3.14. The summed E-state index contributed by atoms with van der Waals surface area (Å²) in [7, 11) is 1.24. The number of methoxy groups -OCH3 is 1. The lowest BCUT2D eigenvalue weighted by atomic mass is 10.5. The fourth-order valence-electron chi connectivity index (χ4n) is 1.17. The molecule has 0 radical (unpaired) electrons. The lowest BCUT2D eigenvalue weighted by Gasteiger charge is -1.94. The molecule has 2 rings (SSSR count). The largest absolute Gasteiger partial charge is 0.466 e. The molecule has 8 nitrogen and oxygen atoms in total. The van der Waals surface area contributed by atoms with Crippen molar-refractivity contribution in [3.63, 3.8) is 0 Å². The van der Waals surface area contributed by atoms with Gasteiger partial charge in [-0.15, -0.1) is 4.68 Å². The Morgan fingerprint density at radius 1 is 1.39 bits per heavy atom. The van der Waals surface area contributed by atoms with Crippen LogP contribution >= 0.6 is 0 Å². The van der Waals surface area contributed by atoms with E-state index in [0.717, 1.165) is 15.4 Å². The average Bonchev–Trinajstić information content (AvgIpc) is 2.78. The third-order valence-electron chi connectivity index (χ3n) is 2.02. The van der Waals surface area contributed by atoms with E-state index in [2.05, 4.69) is 20.1 Å². The van der Waals surface area contributed by atoms with Crippen LogP contribution in [0.25, 0.3) is 12.0 Å². The van der Waals surface area contributed by atoms with Gasteiger partial charge in [0.2, 0.25) is 0 Å². The summed E-state index contributed by atoms with van der Waals surface area (Å²) in [6, 6.07) is 5.05. The molecular weight excluding hydrogens is 238 g/mol. The predicted octanol–water partition coefficient (Wildman–Crippen LogP) is -0.532. The van der Waals surface area contributed by atoms with Gasteiger partial charge in [0.1, 0.15) is 0 Å². The van der Waals surface area contributed by atoms with E-state index >= 15 is 0 Å². The van der Waals surface area contributed by atoms with E-state index in [4.69, 9.17) is 0 Å². The van der Waals surface area contributed by atoms with Gasteiger partial charge in [0.15, 0.2) is 5.82 Å². The van der Waals surface area contributed by atoms with Crippen LogP contribution in [0.15, 0.2) is 35.3 Å². The molecule has 0 atom stereocenters. The molecule has 0 N–H and O–H groups in total. The Kier molecular flexibility index (Phi) is 3.28. The quantitative estimate of drug-likeness (QED) is 0.534. The van der Waals surface area contributed by atoms with Crippen molar-refractivity contribution in [2.75, 3.05) is 7.11 Å². The van der Waals surface area contributed by atoms with E-state index in [1.54, 1.807) is 18.2 Å². The monoisotopic (exact) mass is 247 g/mol. The summed E-state index contributed by atoms with van der Waals surface area (Å²) in [6.45, 7) is 0. The summed E-state index contributed by atoms with van der Waals surface area (Å²) in [5, 5.41) is 7.22. The number of nitrogens with zero attached hydrogens (tertiary/aromatic N) is 5. The highest BCUT2D eigenvalue weighted by Crippen LogP contribution is 1.95. The zero-order chi connectivity index (χ0) is 13.0. The molecule has 0 saturated carbocycles. The number of aromatic nitrogens is 5. The van der Waals surface area contributed by atoms with Crippen molar-refractivity contribution in [1.29, 1.82) is 0 Å². The van der Waals surface area contributed by atoms with Crippen molar-refractivity contribution in [3.8, 4) is 5.82 Å². The molecule has 18 heavy (non-hydrogen) atoms. The fraction of sp³-hybridized carbons (Fsp3) is 0.100. The highest BCUT2D eigenvalue weighted by Gasteiger charge is 2.07. The van der Waals surface area contributed by atoms with Crippen LogP contribution in [0.3, 0.4) is 0 Å². The topological polar surface area (TPSA) is 91.9 Å². The molecule has 2 heterocycles. The molecule has 0 saturated heterocycles. The zero-order valence-electron chi connectivity index (χ0n) is 9.42. The Bertz CT molecular complexity index is 628. The minimum absolute atomic E-state index is 0.347. The fourth-order valence-corrected chi connectivity index (χ4v) is 1.17. The van der Waals surface area contributed by atoms with Crippen LogP contribution in [0.1, 0.15) is 0 Å². The molecule has 0 aliphatic heterocycles. The van der Waals surface area contributed by atoms with Gasteiger partial charge in [0.25, 0.3) is 0 Å². The molecule has 2 aromatic rings. The van der Waals surface area contributed by atoms with Gasteiger partial charge in [-0.1, -0.05) is 6.07 Å². The molecule has 0 aromatic carbocycles. The van der Waals surface area contributed by atoms with Gasteiger partial charge in [-0.25, -0.2) is 14.6 Å². The van der Waals surface area contributed by atoms with E-state index in [1.165, 1.54) is 19.5 Å². The summed E-state index contributed by atoms with van der Waals surface area (Å²) in [4.78, 5) is 26.7. The first-order valence-electron chi connectivity index (χ1n) is 4.94. The molecule has 0 unspecified atom stereocenters. The van der Waals surface area contributed by atoms with E-state index in [0.29, 0.717) is 5.82 Å². The van der Waals surface area contributed by atoms with Crippen molar-refractivity contribution >= 4 is 12.2 Å². The van der Waals surface area contributed by atoms with Gasteiger partial charge in [0, 0.05) is 18.5 Å². The molecular formula is C10H9N5O3. The van der Waals surface area contributed by atoms with Gasteiger partial charge in [-0.3, -0.25) is 0 Å². The molecule has 92 valence electrons. The Labute approximate surface area is 101 Å². The first-order valence-corrected chi connectivity index (χ1v) is 4.94. The van der Waals surface area contributed by atoms with Gasteiger partial charge in [0.05, 0.1) is 7.11 Å². The molecule has 0 aliphatic carbocycles. The van der Waals surface area contributed by atoms with Crippen LogP contribution in [0.5, 0.6) is 0 Å². The number of ether oxygens (including phenoxy) is 1. The smallest absolute Gasteiger partial charge is 0.374 e. The van der Waals surface area contributed by atoms with Gasteiger partial charge >= 0.3 is 11.7 Å². The van der Waals surface area contributed by atoms with Crippen LogP contribution in [-0.2, 0) is 9.53 Å². The lowest BCUT2D eigenvalue weighted by molar-refractivity contribution is -0.134. The summed E-state index contributed by atoms with van der Waals surface area (Å²) in [5.41, 5.74) is -0.533. The SMILES string of the molecule is COC(=O)/C=C\n1nnn(-c2ccccn2)c1=O. The minimum Gasteiger partial charge on any atom is -0.466 e. The molecule has 2 aromatic heterocycles. The van der Waals surface area contributed by atoms with E-state index < -0.39 is 11.7 Å². The van der Waals surface area contributed by atoms with Crippen LogP contribution in [-0.4, -0.2) is 37.9 Å². The second kappa shape index (κ2) is 5.04. The maximum absolute atomic E-state index is 11.8. The van der Waals surface area contributed by atoms with Crippen LogP contribution in [0.2, 0.25) is 0 Å². The van der Waals surface area contributed by atoms with Crippen molar-refractivity contribution in [1.82, 2.24) is 24.8 Å². The second-order valence-corrected chi connectivity index (χ2v) is 3.14. The van der Waals surface area contributed by atoms with Crippen molar-refractivity contribution < 1.29 is 9.53 Å². The number of tetrazole rings is 1. The van der Waals surface area contributed by atoms with E-state index in [-0.39, 0.29) is 0 Å². The third kappa shape index (κ3) is 2.32. The molecule has 0 bridgehead atoms.